The highest BCUT2D eigenvalue weighted by Crippen LogP contribution is 2.39. The van der Waals surface area contributed by atoms with Gasteiger partial charge < -0.3 is 0 Å². The Hall–Kier alpha value is -2.45. The van der Waals surface area contributed by atoms with E-state index in [2.05, 4.69) is 10.1 Å². The Morgan fingerprint density at radius 3 is 2.81 bits per heavy atom. The number of aromatic nitrogens is 3. The van der Waals surface area contributed by atoms with Crippen molar-refractivity contribution in [1.29, 1.82) is 0 Å². The van der Waals surface area contributed by atoms with Gasteiger partial charge in [-0.05, 0) is 47.0 Å². The Kier molecular flexibility index (Phi) is 4.61. The van der Waals surface area contributed by atoms with Crippen LogP contribution in [0.1, 0.15) is 30.0 Å². The van der Waals surface area contributed by atoms with Crippen molar-refractivity contribution in [3.8, 4) is 11.3 Å². The number of thiophene rings is 1. The Morgan fingerprint density at radius 2 is 2.15 bits per heavy atom. The van der Waals surface area contributed by atoms with E-state index >= 15 is 0 Å². The van der Waals surface area contributed by atoms with Crippen LogP contribution in [0.2, 0.25) is 0 Å². The number of hydrogen-bond acceptors (Lipinski definition) is 5. The van der Waals surface area contributed by atoms with E-state index in [1.54, 1.807) is 20.9 Å². The molecule has 0 bridgehead atoms. The molecule has 0 saturated heterocycles. The summed E-state index contributed by atoms with van der Waals surface area (Å²) >= 11 is 2.94. The van der Waals surface area contributed by atoms with E-state index in [-0.39, 0.29) is 11.5 Å². The van der Waals surface area contributed by atoms with Crippen LogP contribution in [0.15, 0.2) is 45.7 Å². The van der Waals surface area contributed by atoms with Gasteiger partial charge in [0.05, 0.1) is 11.3 Å². The zero-order valence-electron chi connectivity index (χ0n) is 15.2. The van der Waals surface area contributed by atoms with Gasteiger partial charge in [0.1, 0.15) is 4.88 Å². The SMILES string of the molecule is CCC(=O)N1c2ccccc2-c2c(=O)[nH]c(SC)n[n+]2[C@H]1c1sccc1C. The first-order chi connectivity index (χ1) is 13.1. The number of benzene rings is 1. The van der Waals surface area contributed by atoms with E-state index in [4.69, 9.17) is 0 Å². The van der Waals surface area contributed by atoms with Gasteiger partial charge >= 0.3 is 17.4 Å². The van der Waals surface area contributed by atoms with E-state index < -0.39 is 6.17 Å². The van der Waals surface area contributed by atoms with Gasteiger partial charge in [-0.1, -0.05) is 30.8 Å². The van der Waals surface area contributed by atoms with Crippen molar-refractivity contribution in [2.75, 3.05) is 11.2 Å². The van der Waals surface area contributed by atoms with E-state index in [0.717, 1.165) is 16.1 Å². The van der Waals surface area contributed by atoms with E-state index in [9.17, 15) is 9.59 Å². The summed E-state index contributed by atoms with van der Waals surface area (Å²) in [6, 6.07) is 9.55. The maximum Gasteiger partial charge on any atom is 0.325 e. The quantitative estimate of drug-likeness (QED) is 0.543. The lowest BCUT2D eigenvalue weighted by atomic mass is 10.0. The first-order valence-corrected chi connectivity index (χ1v) is 10.7. The molecular formula is C19H19N4O2S2+. The smallest absolute Gasteiger partial charge is 0.291 e. The average Bonchev–Trinajstić information content (AvgIpc) is 3.11. The number of nitrogens with one attached hydrogen (secondary N) is 1. The molecule has 27 heavy (non-hydrogen) atoms. The summed E-state index contributed by atoms with van der Waals surface area (Å²) in [5, 5.41) is 7.20. The van der Waals surface area contributed by atoms with Gasteiger partial charge in [0.2, 0.25) is 11.1 Å². The number of aryl methyl sites for hydroxylation is 1. The molecule has 1 aliphatic heterocycles. The Labute approximate surface area is 164 Å². The molecule has 0 fully saturated rings. The lowest BCUT2D eigenvalue weighted by molar-refractivity contribution is -0.762. The number of para-hydroxylation sites is 1. The highest BCUT2D eigenvalue weighted by Gasteiger charge is 2.46. The van der Waals surface area contributed by atoms with E-state index in [0.29, 0.717) is 22.8 Å². The number of H-pyrrole nitrogens is 1. The third-order valence-electron chi connectivity index (χ3n) is 4.66. The van der Waals surface area contributed by atoms with E-state index in [1.165, 1.54) is 11.8 Å². The lowest BCUT2D eigenvalue weighted by Crippen LogP contribution is -2.60. The van der Waals surface area contributed by atoms with Gasteiger partial charge in [0.25, 0.3) is 0 Å². The number of aromatic amines is 1. The van der Waals surface area contributed by atoms with Crippen LogP contribution in [-0.2, 0) is 4.79 Å². The minimum atomic E-state index is -0.476. The summed E-state index contributed by atoms with van der Waals surface area (Å²) < 4.78 is 1.71. The Morgan fingerprint density at radius 1 is 1.37 bits per heavy atom. The van der Waals surface area contributed by atoms with Gasteiger partial charge in [0, 0.05) is 11.5 Å². The zero-order chi connectivity index (χ0) is 19.1. The molecule has 0 spiro atoms. The fourth-order valence-electron chi connectivity index (χ4n) is 3.39. The van der Waals surface area contributed by atoms with Crippen molar-refractivity contribution in [1.82, 2.24) is 10.1 Å². The molecule has 1 aliphatic rings. The van der Waals surface area contributed by atoms with Crippen molar-refractivity contribution < 1.29 is 9.48 Å². The molecule has 4 rings (SSSR count). The minimum absolute atomic E-state index is 0.00816. The molecule has 0 unspecified atom stereocenters. The largest absolute Gasteiger partial charge is 0.325 e. The number of carbonyl (C=O) groups is 1. The number of rotatable bonds is 3. The van der Waals surface area contributed by atoms with Crippen LogP contribution in [0.25, 0.3) is 11.3 Å². The summed E-state index contributed by atoms with van der Waals surface area (Å²) in [5.41, 5.74) is 2.80. The minimum Gasteiger partial charge on any atom is -0.291 e. The highest BCUT2D eigenvalue weighted by molar-refractivity contribution is 7.98. The van der Waals surface area contributed by atoms with E-state index in [1.807, 2.05) is 55.8 Å². The monoisotopic (exact) mass is 399 g/mol. The molecule has 0 saturated carbocycles. The van der Waals surface area contributed by atoms with Gasteiger partial charge in [-0.15, -0.1) is 11.3 Å². The molecular weight excluding hydrogens is 380 g/mol. The molecule has 2 aromatic heterocycles. The fourth-order valence-corrected chi connectivity index (χ4v) is 4.76. The molecule has 1 amide bonds. The first-order valence-electron chi connectivity index (χ1n) is 8.62. The maximum atomic E-state index is 13.0. The number of thioether (sulfide) groups is 1. The summed E-state index contributed by atoms with van der Waals surface area (Å²) in [6.07, 6.45) is 1.75. The van der Waals surface area contributed by atoms with Crippen LogP contribution < -0.4 is 15.1 Å². The van der Waals surface area contributed by atoms with Crippen LogP contribution in [-0.4, -0.2) is 22.2 Å². The fraction of sp³-hybridized carbons (Fsp3) is 0.263. The summed E-state index contributed by atoms with van der Waals surface area (Å²) in [6.45, 7) is 3.87. The predicted molar refractivity (Wildman–Crippen MR) is 107 cm³/mol. The molecule has 0 radical (unpaired) electrons. The van der Waals surface area contributed by atoms with Crippen LogP contribution in [0, 0.1) is 6.92 Å². The second kappa shape index (κ2) is 6.94. The molecule has 6 nitrogen and oxygen atoms in total. The standard InChI is InChI=1S/C19H18N4O2S2/c1-4-14(24)22-13-8-6-5-7-12(13)15-17(25)20-19(26-3)21-23(15)18(22)16-11(2)9-10-27-16/h5-10,18H,4H2,1-3H3/p+1/t18-/m0/s1. The number of fused-ring (bicyclic) bond motifs is 3. The van der Waals surface area contributed by atoms with Crippen molar-refractivity contribution >= 4 is 34.7 Å². The number of nitrogens with zero attached hydrogens (tertiary/aromatic N) is 3. The molecule has 138 valence electrons. The molecule has 1 N–H and O–H groups in total. The number of anilines is 1. The van der Waals surface area contributed by atoms with Gasteiger partial charge in [-0.3, -0.25) is 14.6 Å². The van der Waals surface area contributed by atoms with Crippen molar-refractivity contribution in [3.05, 3.63) is 56.5 Å². The normalized spacial score (nSPS) is 15.4. The zero-order valence-corrected chi connectivity index (χ0v) is 16.9. The Bertz CT molecular complexity index is 1090. The van der Waals surface area contributed by atoms with Gasteiger partial charge in [-0.25, -0.2) is 4.90 Å². The van der Waals surface area contributed by atoms with Crippen LogP contribution >= 0.6 is 23.1 Å². The number of amides is 1. The van der Waals surface area contributed by atoms with Crippen molar-refractivity contribution in [2.24, 2.45) is 0 Å². The number of carbonyl (C=O) groups excluding carboxylic acids is 1. The first kappa shape index (κ1) is 17.9. The lowest BCUT2D eigenvalue weighted by Gasteiger charge is -2.31. The van der Waals surface area contributed by atoms with Crippen LogP contribution in [0.3, 0.4) is 0 Å². The predicted octanol–water partition coefficient (Wildman–Crippen LogP) is 3.12. The topological polar surface area (TPSA) is 69.9 Å². The van der Waals surface area contributed by atoms with Gasteiger partial charge in [0.15, 0.2) is 0 Å². The summed E-state index contributed by atoms with van der Waals surface area (Å²) in [5.74, 6) is -0.00816. The molecule has 3 aromatic rings. The maximum absolute atomic E-state index is 13.0. The van der Waals surface area contributed by atoms with Crippen LogP contribution in [0.4, 0.5) is 5.69 Å². The summed E-state index contributed by atoms with van der Waals surface area (Å²) in [4.78, 5) is 31.5. The second-order valence-electron chi connectivity index (χ2n) is 6.23. The van der Waals surface area contributed by atoms with Crippen molar-refractivity contribution in [3.63, 3.8) is 0 Å². The second-order valence-corrected chi connectivity index (χ2v) is 7.98. The third-order valence-corrected chi connectivity index (χ3v) is 6.29. The molecule has 0 aliphatic carbocycles. The molecule has 1 aromatic carbocycles. The molecule has 8 heteroatoms. The average molecular weight is 400 g/mol. The third kappa shape index (κ3) is 2.80. The number of hydrogen-bond donors (Lipinski definition) is 1. The Balaban J connectivity index is 2.11. The summed E-state index contributed by atoms with van der Waals surface area (Å²) in [7, 11) is 0. The molecule has 1 atom stereocenters. The molecule has 3 heterocycles. The highest BCUT2D eigenvalue weighted by atomic mass is 32.2. The van der Waals surface area contributed by atoms with Gasteiger partial charge in [-0.2, -0.15) is 0 Å². The van der Waals surface area contributed by atoms with Crippen LogP contribution in [0.5, 0.6) is 0 Å². The van der Waals surface area contributed by atoms with Crippen molar-refractivity contribution in [2.45, 2.75) is 31.6 Å².